The highest BCUT2D eigenvalue weighted by atomic mass is 35.5. The molecule has 2 amide bonds. The molecule has 2 aliphatic heterocycles. The third-order valence-electron chi connectivity index (χ3n) is 5.23. The molecule has 0 saturated carbocycles. The minimum atomic E-state index is -0.710. The topological polar surface area (TPSA) is 49.9 Å². The number of hydrogen-bond donors (Lipinski definition) is 0. The van der Waals surface area contributed by atoms with Crippen LogP contribution in [0.3, 0.4) is 0 Å². The number of hydrogen-bond acceptors (Lipinski definition) is 3. The minimum absolute atomic E-state index is 0.0444. The Hall–Kier alpha value is -2.10. The molecule has 0 spiro atoms. The van der Waals surface area contributed by atoms with Crippen molar-refractivity contribution in [3.63, 3.8) is 0 Å². The van der Waals surface area contributed by atoms with Crippen LogP contribution in [0.25, 0.3) is 0 Å². The van der Waals surface area contributed by atoms with Gasteiger partial charge in [0.05, 0.1) is 29.3 Å². The van der Waals surface area contributed by atoms with Gasteiger partial charge in [0.1, 0.15) is 0 Å². The summed E-state index contributed by atoms with van der Waals surface area (Å²) in [5.41, 5.74) is 0.516. The highest BCUT2D eigenvalue weighted by molar-refractivity contribution is 6.31. The Labute approximate surface area is 163 Å². The number of amides is 2. The first-order valence-electron chi connectivity index (χ1n) is 8.94. The number of nitrogens with zero attached hydrogens (tertiary/aromatic N) is 2. The molecule has 3 rings (SSSR count). The molecule has 0 aromatic heterocycles. The summed E-state index contributed by atoms with van der Waals surface area (Å²) in [6.07, 6.45) is 5.38. The molecule has 3 atom stereocenters. The Bertz CT molecular complexity index is 807. The normalized spacial score (nSPS) is 22.9. The van der Waals surface area contributed by atoms with E-state index in [9.17, 15) is 14.0 Å². The lowest BCUT2D eigenvalue weighted by molar-refractivity contribution is -0.134. The lowest BCUT2D eigenvalue weighted by atomic mass is 10.1. The second-order valence-corrected chi connectivity index (χ2v) is 7.46. The number of morpholine rings is 1. The van der Waals surface area contributed by atoms with E-state index >= 15 is 0 Å². The van der Waals surface area contributed by atoms with E-state index in [-0.39, 0.29) is 34.6 Å². The van der Waals surface area contributed by atoms with Gasteiger partial charge in [-0.15, -0.1) is 12.3 Å². The van der Waals surface area contributed by atoms with Crippen LogP contribution in [0.1, 0.15) is 29.3 Å². The number of halogens is 2. The van der Waals surface area contributed by atoms with Crippen LogP contribution < -0.4 is 0 Å². The lowest BCUT2D eigenvalue weighted by Crippen LogP contribution is -2.53. The van der Waals surface area contributed by atoms with Crippen molar-refractivity contribution in [1.29, 1.82) is 0 Å². The Morgan fingerprint density at radius 2 is 2.19 bits per heavy atom. The van der Waals surface area contributed by atoms with Crippen LogP contribution in [0.4, 0.5) is 4.39 Å². The van der Waals surface area contributed by atoms with Gasteiger partial charge in [0.15, 0.2) is 5.82 Å². The summed E-state index contributed by atoms with van der Waals surface area (Å²) in [6, 6.07) is 2.77. The standard InChI is InChI=1S/C20H22ClFN2O3/c1-4-5-13(3)19(25)23-10-15-16(11-23)27-9-8-24(15)20(26)14-7-6-12(2)17(21)18(14)22/h1,6-7,13,15-16H,5,8-11H2,2-3H3/t13-,15+,16-/m0/s1. The number of carbonyl (C=O) groups is 2. The van der Waals surface area contributed by atoms with Crippen LogP contribution >= 0.6 is 11.6 Å². The highest BCUT2D eigenvalue weighted by Gasteiger charge is 2.44. The third-order valence-corrected chi connectivity index (χ3v) is 5.69. The number of benzene rings is 1. The average Bonchev–Trinajstić information content (AvgIpc) is 3.09. The molecule has 0 bridgehead atoms. The second kappa shape index (κ2) is 7.87. The van der Waals surface area contributed by atoms with Crippen LogP contribution in [-0.2, 0) is 9.53 Å². The average molecular weight is 393 g/mol. The molecule has 0 aliphatic carbocycles. The second-order valence-electron chi connectivity index (χ2n) is 7.09. The molecule has 1 aromatic rings. The Balaban J connectivity index is 1.80. The number of terminal acetylenes is 1. The molecule has 0 unspecified atom stereocenters. The summed E-state index contributed by atoms with van der Waals surface area (Å²) < 4.78 is 20.3. The SMILES string of the molecule is C#CC[C@H](C)C(=O)N1C[C@@H]2OCCN(C(=O)c3ccc(C)c(Cl)c3F)[C@@H]2C1. The Morgan fingerprint density at radius 1 is 1.44 bits per heavy atom. The van der Waals surface area contributed by atoms with Crippen LogP contribution in [0.15, 0.2) is 12.1 Å². The summed E-state index contributed by atoms with van der Waals surface area (Å²) >= 11 is 5.97. The molecule has 2 heterocycles. The minimum Gasteiger partial charge on any atom is -0.372 e. The maximum atomic E-state index is 14.5. The van der Waals surface area contributed by atoms with E-state index in [4.69, 9.17) is 22.8 Å². The summed E-state index contributed by atoms with van der Waals surface area (Å²) in [5.74, 6) is 1.02. The van der Waals surface area contributed by atoms with Crippen molar-refractivity contribution in [3.05, 3.63) is 34.1 Å². The van der Waals surface area contributed by atoms with Gasteiger partial charge in [0.25, 0.3) is 5.91 Å². The number of rotatable bonds is 3. The molecule has 2 saturated heterocycles. The van der Waals surface area contributed by atoms with Crippen molar-refractivity contribution in [2.24, 2.45) is 5.92 Å². The van der Waals surface area contributed by atoms with E-state index in [1.807, 2.05) is 0 Å². The van der Waals surface area contributed by atoms with Crippen molar-refractivity contribution >= 4 is 23.4 Å². The maximum Gasteiger partial charge on any atom is 0.257 e. The summed E-state index contributed by atoms with van der Waals surface area (Å²) in [6.45, 7) is 4.91. The van der Waals surface area contributed by atoms with Crippen LogP contribution in [-0.4, -0.2) is 60.0 Å². The summed E-state index contributed by atoms with van der Waals surface area (Å²) in [7, 11) is 0. The van der Waals surface area contributed by atoms with Gasteiger partial charge in [-0.2, -0.15) is 0 Å². The van der Waals surface area contributed by atoms with Gasteiger partial charge in [-0.25, -0.2) is 4.39 Å². The van der Waals surface area contributed by atoms with Gasteiger partial charge in [-0.05, 0) is 18.6 Å². The molecular weight excluding hydrogens is 371 g/mol. The monoisotopic (exact) mass is 392 g/mol. The molecule has 0 radical (unpaired) electrons. The first kappa shape index (κ1) is 19.7. The van der Waals surface area contributed by atoms with Crippen LogP contribution in [0.5, 0.6) is 0 Å². The summed E-state index contributed by atoms with van der Waals surface area (Å²) in [4.78, 5) is 28.8. The zero-order valence-electron chi connectivity index (χ0n) is 15.4. The van der Waals surface area contributed by atoms with E-state index in [0.717, 1.165) is 0 Å². The van der Waals surface area contributed by atoms with E-state index in [2.05, 4.69) is 5.92 Å². The molecule has 5 nitrogen and oxygen atoms in total. The molecule has 2 fully saturated rings. The van der Waals surface area contributed by atoms with E-state index in [1.165, 1.54) is 6.07 Å². The van der Waals surface area contributed by atoms with Crippen molar-refractivity contribution in [2.75, 3.05) is 26.2 Å². The molecule has 144 valence electrons. The quantitative estimate of drug-likeness (QED) is 0.743. The molecule has 0 N–H and O–H groups in total. The van der Waals surface area contributed by atoms with Crippen molar-refractivity contribution in [2.45, 2.75) is 32.4 Å². The van der Waals surface area contributed by atoms with Gasteiger partial charge in [-0.3, -0.25) is 9.59 Å². The van der Waals surface area contributed by atoms with E-state index in [0.29, 0.717) is 38.2 Å². The number of fused-ring (bicyclic) bond motifs is 1. The number of ether oxygens (including phenoxy) is 1. The first-order valence-corrected chi connectivity index (χ1v) is 9.32. The Kier molecular flexibility index (Phi) is 5.73. The van der Waals surface area contributed by atoms with E-state index < -0.39 is 11.7 Å². The van der Waals surface area contributed by atoms with Gasteiger partial charge in [0.2, 0.25) is 5.91 Å². The van der Waals surface area contributed by atoms with Gasteiger partial charge in [0, 0.05) is 32.0 Å². The fourth-order valence-electron chi connectivity index (χ4n) is 3.66. The third kappa shape index (κ3) is 3.67. The van der Waals surface area contributed by atoms with Crippen LogP contribution in [0, 0.1) is 31.0 Å². The molecule has 27 heavy (non-hydrogen) atoms. The Morgan fingerprint density at radius 3 is 2.89 bits per heavy atom. The van der Waals surface area contributed by atoms with Crippen molar-refractivity contribution in [1.82, 2.24) is 9.80 Å². The first-order chi connectivity index (χ1) is 12.8. The summed E-state index contributed by atoms with van der Waals surface area (Å²) in [5, 5.41) is -0.0444. The predicted molar refractivity (Wildman–Crippen MR) is 99.9 cm³/mol. The van der Waals surface area contributed by atoms with Crippen LogP contribution in [0.2, 0.25) is 5.02 Å². The fourth-order valence-corrected chi connectivity index (χ4v) is 3.83. The molecule has 2 aliphatic rings. The molecule has 1 aromatic carbocycles. The molecular formula is C20H22ClFN2O3. The van der Waals surface area contributed by atoms with Gasteiger partial charge < -0.3 is 14.5 Å². The maximum absolute atomic E-state index is 14.5. The molecule has 7 heteroatoms. The van der Waals surface area contributed by atoms with Gasteiger partial charge in [-0.1, -0.05) is 24.6 Å². The predicted octanol–water partition coefficient (Wildman–Crippen LogP) is 2.50. The van der Waals surface area contributed by atoms with E-state index in [1.54, 1.807) is 29.7 Å². The highest BCUT2D eigenvalue weighted by Crippen LogP contribution is 2.28. The van der Waals surface area contributed by atoms with Gasteiger partial charge >= 0.3 is 0 Å². The zero-order valence-corrected chi connectivity index (χ0v) is 16.1. The fraction of sp³-hybridized carbons (Fsp3) is 0.500. The zero-order chi connectivity index (χ0) is 19.7. The number of likely N-dealkylation sites (tertiary alicyclic amines) is 1. The number of carbonyl (C=O) groups excluding carboxylic acids is 2. The van der Waals surface area contributed by atoms with Crippen molar-refractivity contribution in [3.8, 4) is 12.3 Å². The van der Waals surface area contributed by atoms with Crippen molar-refractivity contribution < 1.29 is 18.7 Å². The largest absolute Gasteiger partial charge is 0.372 e. The number of aryl methyl sites for hydroxylation is 1. The smallest absolute Gasteiger partial charge is 0.257 e. The lowest BCUT2D eigenvalue weighted by Gasteiger charge is -2.36.